The molecule has 0 saturated carbocycles. The Labute approximate surface area is 180 Å². The number of fused-ring (bicyclic) bond motifs is 1. The van der Waals surface area contributed by atoms with Crippen molar-refractivity contribution < 1.29 is 15.0 Å². The van der Waals surface area contributed by atoms with Gasteiger partial charge in [0.2, 0.25) is 5.95 Å². The third-order valence-corrected chi connectivity index (χ3v) is 4.87. The molecular weight excluding hydrogens is 398 g/mol. The van der Waals surface area contributed by atoms with Crippen LogP contribution in [0.25, 0.3) is 11.2 Å². The van der Waals surface area contributed by atoms with Gasteiger partial charge in [-0.15, -0.1) is 0 Å². The number of aryl methyl sites for hydroxylation is 1. The van der Waals surface area contributed by atoms with Gasteiger partial charge in [0.25, 0.3) is 5.91 Å². The quantitative estimate of drug-likeness (QED) is 0.292. The molecule has 1 amide bonds. The maximum Gasteiger partial charge on any atom is 0.251 e. The molecule has 3 rings (SSSR count). The average molecular weight is 428 g/mol. The van der Waals surface area contributed by atoms with Gasteiger partial charge >= 0.3 is 0 Å². The van der Waals surface area contributed by atoms with Crippen LogP contribution in [-0.4, -0.2) is 61.9 Å². The van der Waals surface area contributed by atoms with Crippen molar-refractivity contribution in [3.05, 3.63) is 35.7 Å². The van der Waals surface area contributed by atoms with Gasteiger partial charge in [0, 0.05) is 44.1 Å². The molecule has 31 heavy (non-hydrogen) atoms. The van der Waals surface area contributed by atoms with Gasteiger partial charge in [-0.25, -0.2) is 4.98 Å². The minimum atomic E-state index is -0.191. The van der Waals surface area contributed by atoms with E-state index >= 15 is 0 Å². The number of nitrogens with zero attached hydrogens (tertiary/aromatic N) is 4. The molecule has 2 heterocycles. The average Bonchev–Trinajstić information content (AvgIpc) is 3.19. The van der Waals surface area contributed by atoms with Crippen molar-refractivity contribution in [1.29, 1.82) is 0 Å². The second-order valence-electron chi connectivity index (χ2n) is 7.04. The molecule has 0 saturated heterocycles. The number of aromatic nitrogens is 4. The summed E-state index contributed by atoms with van der Waals surface area (Å²) >= 11 is 0. The number of imidazole rings is 1. The zero-order valence-corrected chi connectivity index (χ0v) is 17.9. The van der Waals surface area contributed by atoms with Crippen molar-refractivity contribution in [2.24, 2.45) is 0 Å². The lowest BCUT2D eigenvalue weighted by molar-refractivity contribution is 0.0950. The van der Waals surface area contributed by atoms with Crippen LogP contribution in [0.5, 0.6) is 0 Å². The fraction of sp³-hybridized carbons (Fsp3) is 0.429. The topological polar surface area (TPSA) is 137 Å². The van der Waals surface area contributed by atoms with E-state index < -0.39 is 0 Å². The fourth-order valence-electron chi connectivity index (χ4n) is 3.14. The van der Waals surface area contributed by atoms with Gasteiger partial charge in [-0.3, -0.25) is 4.79 Å². The summed E-state index contributed by atoms with van der Waals surface area (Å²) in [6.07, 6.45) is 2.82. The van der Waals surface area contributed by atoms with E-state index in [4.69, 9.17) is 10.2 Å². The molecule has 0 aliphatic heterocycles. The Balaban J connectivity index is 1.92. The van der Waals surface area contributed by atoms with E-state index in [1.165, 1.54) is 0 Å². The first-order valence-electron chi connectivity index (χ1n) is 10.4. The molecule has 0 atom stereocenters. The maximum absolute atomic E-state index is 12.5. The third kappa shape index (κ3) is 5.28. The van der Waals surface area contributed by atoms with Crippen molar-refractivity contribution in [2.75, 3.05) is 36.9 Å². The van der Waals surface area contributed by atoms with Crippen molar-refractivity contribution in [3.63, 3.8) is 0 Å². The number of aliphatic hydroxyl groups excluding tert-OH is 2. The Hall–Kier alpha value is -3.24. The molecule has 0 spiro atoms. The second kappa shape index (κ2) is 10.7. The summed E-state index contributed by atoms with van der Waals surface area (Å²) in [5.74, 6) is 0.780. The summed E-state index contributed by atoms with van der Waals surface area (Å²) in [6, 6.07) is 5.45. The highest BCUT2D eigenvalue weighted by atomic mass is 16.3. The van der Waals surface area contributed by atoms with E-state index in [1.54, 1.807) is 18.5 Å². The number of hydrogen-bond acceptors (Lipinski definition) is 8. The van der Waals surface area contributed by atoms with Crippen LogP contribution in [0, 0.1) is 6.92 Å². The first-order chi connectivity index (χ1) is 15.1. The minimum Gasteiger partial charge on any atom is -0.396 e. The molecule has 0 fully saturated rings. The molecule has 166 valence electrons. The van der Waals surface area contributed by atoms with Crippen LogP contribution in [0.15, 0.2) is 24.5 Å². The highest BCUT2D eigenvalue weighted by Crippen LogP contribution is 2.27. The Bertz CT molecular complexity index is 1040. The number of aliphatic hydroxyl groups is 2. The molecule has 0 unspecified atom stereocenters. The summed E-state index contributed by atoms with van der Waals surface area (Å²) in [4.78, 5) is 26.1. The maximum atomic E-state index is 12.5. The zero-order chi connectivity index (χ0) is 22.2. The summed E-state index contributed by atoms with van der Waals surface area (Å²) in [7, 11) is 0. The zero-order valence-electron chi connectivity index (χ0n) is 17.9. The largest absolute Gasteiger partial charge is 0.396 e. The van der Waals surface area contributed by atoms with Gasteiger partial charge in [-0.1, -0.05) is 6.07 Å². The van der Waals surface area contributed by atoms with Crippen molar-refractivity contribution >= 4 is 34.5 Å². The van der Waals surface area contributed by atoms with Crippen LogP contribution in [0.2, 0.25) is 0 Å². The van der Waals surface area contributed by atoms with Gasteiger partial charge in [0.15, 0.2) is 17.0 Å². The Kier molecular flexibility index (Phi) is 7.74. The highest BCUT2D eigenvalue weighted by Gasteiger charge is 2.16. The first-order valence-corrected chi connectivity index (χ1v) is 10.4. The lowest BCUT2D eigenvalue weighted by Crippen LogP contribution is -2.25. The van der Waals surface area contributed by atoms with Crippen LogP contribution in [0.1, 0.15) is 35.7 Å². The van der Waals surface area contributed by atoms with Gasteiger partial charge in [-0.2, -0.15) is 9.97 Å². The predicted octanol–water partition coefficient (Wildman–Crippen LogP) is 1.80. The van der Waals surface area contributed by atoms with Gasteiger partial charge in [0.1, 0.15) is 0 Å². The van der Waals surface area contributed by atoms with Crippen LogP contribution >= 0.6 is 0 Å². The number of benzene rings is 1. The van der Waals surface area contributed by atoms with Crippen LogP contribution in [0.3, 0.4) is 0 Å². The number of hydrogen-bond donors (Lipinski definition) is 5. The van der Waals surface area contributed by atoms with E-state index in [1.807, 2.05) is 24.5 Å². The number of anilines is 3. The summed E-state index contributed by atoms with van der Waals surface area (Å²) in [5.41, 5.74) is 3.39. The summed E-state index contributed by atoms with van der Waals surface area (Å²) < 4.78 is 1.93. The van der Waals surface area contributed by atoms with E-state index in [9.17, 15) is 4.79 Å². The van der Waals surface area contributed by atoms with E-state index in [0.29, 0.717) is 61.0 Å². The number of rotatable bonds is 11. The number of carbonyl (C=O) groups excluding carboxylic acids is 1. The number of nitrogens with one attached hydrogen (secondary N) is 3. The minimum absolute atomic E-state index is 0.0314. The molecule has 3 aromatic rings. The highest BCUT2D eigenvalue weighted by molar-refractivity contribution is 5.97. The fourth-order valence-corrected chi connectivity index (χ4v) is 3.14. The third-order valence-electron chi connectivity index (χ3n) is 4.87. The molecule has 1 aromatic carbocycles. The molecule has 10 heteroatoms. The normalized spacial score (nSPS) is 11.0. The van der Waals surface area contributed by atoms with Gasteiger partial charge in [-0.05, 0) is 44.4 Å². The molecule has 0 aliphatic rings. The van der Waals surface area contributed by atoms with E-state index in [-0.39, 0.29) is 19.1 Å². The van der Waals surface area contributed by atoms with Gasteiger partial charge < -0.3 is 30.7 Å². The smallest absolute Gasteiger partial charge is 0.251 e. The standard InChI is InChI=1S/C21H29N7O3/c1-3-28-13-24-17-18(26-21(27-19(17)28)23-10-6-12-30)25-16-8-4-7-15(14(16)2)20(31)22-9-5-11-29/h4,7-8,13,29-30H,3,5-6,9-12H2,1-2H3,(H,22,31)(H2,23,25,26,27). The second-order valence-corrected chi connectivity index (χ2v) is 7.04. The molecule has 10 nitrogen and oxygen atoms in total. The lowest BCUT2D eigenvalue weighted by atomic mass is 10.1. The molecule has 0 bridgehead atoms. The van der Waals surface area contributed by atoms with Crippen LogP contribution in [0.4, 0.5) is 17.5 Å². The SMILES string of the molecule is CCn1cnc2c(Nc3cccc(C(=O)NCCCO)c3C)nc(NCCCO)nc21. The summed E-state index contributed by atoms with van der Waals surface area (Å²) in [6.45, 7) is 5.67. The molecule has 0 radical (unpaired) electrons. The predicted molar refractivity (Wildman–Crippen MR) is 120 cm³/mol. The van der Waals surface area contributed by atoms with Crippen molar-refractivity contribution in [3.8, 4) is 0 Å². The molecule has 0 aliphatic carbocycles. The summed E-state index contributed by atoms with van der Waals surface area (Å²) in [5, 5.41) is 27.2. The number of amides is 1. The lowest BCUT2D eigenvalue weighted by Gasteiger charge is -2.14. The molecule has 5 N–H and O–H groups in total. The van der Waals surface area contributed by atoms with E-state index in [2.05, 4.69) is 30.9 Å². The van der Waals surface area contributed by atoms with Crippen LogP contribution in [-0.2, 0) is 6.54 Å². The van der Waals surface area contributed by atoms with Crippen molar-refractivity contribution in [2.45, 2.75) is 33.2 Å². The van der Waals surface area contributed by atoms with Crippen LogP contribution < -0.4 is 16.0 Å². The number of carbonyl (C=O) groups is 1. The van der Waals surface area contributed by atoms with Crippen molar-refractivity contribution in [1.82, 2.24) is 24.8 Å². The first kappa shape index (κ1) is 22.4. The monoisotopic (exact) mass is 427 g/mol. The Morgan fingerprint density at radius 1 is 1.13 bits per heavy atom. The Morgan fingerprint density at radius 3 is 2.65 bits per heavy atom. The van der Waals surface area contributed by atoms with E-state index in [0.717, 1.165) is 11.3 Å². The molecular formula is C21H29N7O3. The van der Waals surface area contributed by atoms with Gasteiger partial charge in [0.05, 0.1) is 6.33 Å². The Morgan fingerprint density at radius 2 is 1.90 bits per heavy atom. The molecule has 2 aromatic heterocycles.